The number of methoxy groups -OCH3 is 2. The number of aromatic nitrogens is 1. The first kappa shape index (κ1) is 20.6. The van der Waals surface area contributed by atoms with Crippen molar-refractivity contribution in [1.82, 2.24) is 4.98 Å². The van der Waals surface area contributed by atoms with Crippen molar-refractivity contribution in [2.24, 2.45) is 0 Å². The van der Waals surface area contributed by atoms with Crippen LogP contribution < -0.4 is 14.8 Å². The lowest BCUT2D eigenvalue weighted by Crippen LogP contribution is -2.14. The van der Waals surface area contributed by atoms with Gasteiger partial charge < -0.3 is 14.8 Å². The fraction of sp³-hybridized carbons (Fsp3) is 0.120. The van der Waals surface area contributed by atoms with Crippen molar-refractivity contribution in [3.05, 3.63) is 83.7 Å². The molecule has 0 bridgehead atoms. The molecule has 1 heterocycles. The summed E-state index contributed by atoms with van der Waals surface area (Å²) < 4.78 is 10.6. The largest absolute Gasteiger partial charge is 0.493 e. The van der Waals surface area contributed by atoms with Gasteiger partial charge in [-0.2, -0.15) is 0 Å². The van der Waals surface area contributed by atoms with Crippen LogP contribution in [0, 0.1) is 0 Å². The molecule has 5 nitrogen and oxygen atoms in total. The molecule has 4 aromatic rings. The van der Waals surface area contributed by atoms with Gasteiger partial charge in [-0.3, -0.25) is 4.79 Å². The van der Waals surface area contributed by atoms with Crippen molar-refractivity contribution in [2.75, 3.05) is 19.5 Å². The first-order valence-corrected chi connectivity index (χ1v) is 10.7. The second-order valence-corrected chi connectivity index (χ2v) is 7.76. The third-order valence-electron chi connectivity index (χ3n) is 4.78. The number of rotatable bonds is 7. The lowest BCUT2D eigenvalue weighted by molar-refractivity contribution is -0.115. The molecular formula is C25H22N2O3S. The van der Waals surface area contributed by atoms with Crippen LogP contribution in [0.3, 0.4) is 0 Å². The smallest absolute Gasteiger partial charge is 0.228 e. The van der Waals surface area contributed by atoms with Crippen LogP contribution in [0.4, 0.5) is 5.69 Å². The summed E-state index contributed by atoms with van der Waals surface area (Å²) in [7, 11) is 3.16. The normalized spacial score (nSPS) is 10.5. The summed E-state index contributed by atoms with van der Waals surface area (Å²) in [4.78, 5) is 17.3. The maximum atomic E-state index is 12.6. The molecule has 0 radical (unpaired) electrons. The minimum Gasteiger partial charge on any atom is -0.493 e. The molecule has 0 unspecified atom stereocenters. The maximum Gasteiger partial charge on any atom is 0.228 e. The molecule has 31 heavy (non-hydrogen) atoms. The Morgan fingerprint density at radius 3 is 2.45 bits per heavy atom. The minimum atomic E-state index is -0.104. The number of carbonyl (C=O) groups is 1. The summed E-state index contributed by atoms with van der Waals surface area (Å²) in [6.45, 7) is 0. The first-order chi connectivity index (χ1) is 15.2. The molecule has 0 fully saturated rings. The molecule has 0 aliphatic heterocycles. The van der Waals surface area contributed by atoms with E-state index in [-0.39, 0.29) is 12.3 Å². The van der Waals surface area contributed by atoms with Crippen molar-refractivity contribution in [3.63, 3.8) is 0 Å². The van der Waals surface area contributed by atoms with Crippen LogP contribution in [0.1, 0.15) is 5.56 Å². The predicted octanol–water partition coefficient (Wildman–Crippen LogP) is 5.68. The van der Waals surface area contributed by atoms with E-state index in [4.69, 9.17) is 14.5 Å². The maximum absolute atomic E-state index is 12.6. The summed E-state index contributed by atoms with van der Waals surface area (Å²) in [5, 5.41) is 5.98. The first-order valence-electron chi connectivity index (χ1n) is 9.78. The number of hydrogen-bond donors (Lipinski definition) is 1. The van der Waals surface area contributed by atoms with Gasteiger partial charge in [0, 0.05) is 22.2 Å². The van der Waals surface area contributed by atoms with Crippen molar-refractivity contribution in [1.29, 1.82) is 0 Å². The molecule has 0 spiro atoms. The van der Waals surface area contributed by atoms with E-state index in [9.17, 15) is 4.79 Å². The number of benzene rings is 3. The zero-order valence-electron chi connectivity index (χ0n) is 17.3. The van der Waals surface area contributed by atoms with E-state index in [0.717, 1.165) is 33.1 Å². The van der Waals surface area contributed by atoms with Crippen LogP contribution >= 0.6 is 11.3 Å². The predicted molar refractivity (Wildman–Crippen MR) is 125 cm³/mol. The Morgan fingerprint density at radius 1 is 0.903 bits per heavy atom. The quantitative estimate of drug-likeness (QED) is 0.410. The summed E-state index contributed by atoms with van der Waals surface area (Å²) in [6.07, 6.45) is 0.236. The number of anilines is 1. The average molecular weight is 431 g/mol. The summed E-state index contributed by atoms with van der Waals surface area (Å²) in [5.41, 5.74) is 4.52. The molecule has 1 amide bonds. The molecule has 6 heteroatoms. The highest BCUT2D eigenvalue weighted by Crippen LogP contribution is 2.30. The molecule has 0 aliphatic carbocycles. The summed E-state index contributed by atoms with van der Waals surface area (Å²) in [6, 6.07) is 23.3. The van der Waals surface area contributed by atoms with E-state index < -0.39 is 0 Å². The lowest BCUT2D eigenvalue weighted by Gasteiger charge is -2.10. The van der Waals surface area contributed by atoms with E-state index in [0.29, 0.717) is 11.5 Å². The van der Waals surface area contributed by atoms with Gasteiger partial charge in [0.25, 0.3) is 0 Å². The zero-order valence-corrected chi connectivity index (χ0v) is 18.1. The second-order valence-electron chi connectivity index (χ2n) is 6.90. The number of carbonyl (C=O) groups excluding carboxylic acids is 1. The third-order valence-corrected chi connectivity index (χ3v) is 5.67. The van der Waals surface area contributed by atoms with Gasteiger partial charge in [-0.05, 0) is 29.8 Å². The van der Waals surface area contributed by atoms with Crippen molar-refractivity contribution in [3.8, 4) is 33.3 Å². The highest BCUT2D eigenvalue weighted by Gasteiger charge is 2.11. The molecule has 0 atom stereocenters. The van der Waals surface area contributed by atoms with Gasteiger partial charge in [0.2, 0.25) is 5.91 Å². The molecule has 0 saturated carbocycles. The average Bonchev–Trinajstić information content (AvgIpc) is 3.30. The number of nitrogens with one attached hydrogen (secondary N) is 1. The SMILES string of the molecule is COc1ccc(CC(=O)Nc2cccc(-c3csc(-c4ccccc4)n3)c2)cc1OC. The van der Waals surface area contributed by atoms with E-state index in [2.05, 4.69) is 5.32 Å². The molecular weight excluding hydrogens is 408 g/mol. The molecule has 3 aromatic carbocycles. The summed E-state index contributed by atoms with van der Waals surface area (Å²) in [5.74, 6) is 1.14. The molecule has 1 N–H and O–H groups in total. The lowest BCUT2D eigenvalue weighted by atomic mass is 10.1. The monoisotopic (exact) mass is 430 g/mol. The number of ether oxygens (including phenoxy) is 2. The molecule has 156 valence electrons. The Hall–Kier alpha value is -3.64. The van der Waals surface area contributed by atoms with Gasteiger partial charge in [0.15, 0.2) is 11.5 Å². The number of nitrogens with zero attached hydrogens (tertiary/aromatic N) is 1. The van der Waals surface area contributed by atoms with Crippen LogP contribution in [0.25, 0.3) is 21.8 Å². The van der Waals surface area contributed by atoms with Gasteiger partial charge in [0.05, 0.1) is 26.3 Å². The van der Waals surface area contributed by atoms with Gasteiger partial charge >= 0.3 is 0 Å². The van der Waals surface area contributed by atoms with Gasteiger partial charge in [0.1, 0.15) is 5.01 Å². The standard InChI is InChI=1S/C25H22N2O3S/c1-29-22-12-11-17(13-23(22)30-2)14-24(28)26-20-10-6-9-19(15-20)21-16-31-25(27-21)18-7-4-3-5-8-18/h3-13,15-16H,14H2,1-2H3,(H,26,28). The highest BCUT2D eigenvalue weighted by molar-refractivity contribution is 7.13. The van der Waals surface area contributed by atoms with Gasteiger partial charge in [-0.1, -0.05) is 48.5 Å². The fourth-order valence-electron chi connectivity index (χ4n) is 3.26. The molecule has 0 saturated heterocycles. The number of amides is 1. The number of hydrogen-bond acceptors (Lipinski definition) is 5. The van der Waals surface area contributed by atoms with E-state index >= 15 is 0 Å². The number of thiazole rings is 1. The minimum absolute atomic E-state index is 0.104. The van der Waals surface area contributed by atoms with Gasteiger partial charge in [-0.25, -0.2) is 4.98 Å². The van der Waals surface area contributed by atoms with Crippen LogP contribution in [-0.2, 0) is 11.2 Å². The van der Waals surface area contributed by atoms with Crippen molar-refractivity contribution in [2.45, 2.75) is 6.42 Å². The van der Waals surface area contributed by atoms with Crippen molar-refractivity contribution < 1.29 is 14.3 Å². The zero-order chi connectivity index (χ0) is 21.6. The highest BCUT2D eigenvalue weighted by atomic mass is 32.1. The second kappa shape index (κ2) is 9.45. The van der Waals surface area contributed by atoms with Crippen LogP contribution in [0.5, 0.6) is 11.5 Å². The van der Waals surface area contributed by atoms with Crippen LogP contribution in [-0.4, -0.2) is 25.1 Å². The topological polar surface area (TPSA) is 60.5 Å². The van der Waals surface area contributed by atoms with E-state index in [1.165, 1.54) is 0 Å². The summed E-state index contributed by atoms with van der Waals surface area (Å²) >= 11 is 1.60. The Morgan fingerprint density at radius 2 is 1.68 bits per heavy atom. The Kier molecular flexibility index (Phi) is 6.29. The van der Waals surface area contributed by atoms with E-state index in [1.807, 2.05) is 72.1 Å². The Balaban J connectivity index is 1.46. The Labute approximate surface area is 185 Å². The van der Waals surface area contributed by atoms with Crippen LogP contribution in [0.15, 0.2) is 78.2 Å². The van der Waals surface area contributed by atoms with E-state index in [1.54, 1.807) is 31.6 Å². The molecule has 4 rings (SSSR count). The van der Waals surface area contributed by atoms with Crippen molar-refractivity contribution >= 4 is 22.9 Å². The Bertz CT molecular complexity index is 1190. The van der Waals surface area contributed by atoms with Crippen LogP contribution in [0.2, 0.25) is 0 Å². The van der Waals surface area contributed by atoms with Gasteiger partial charge in [-0.15, -0.1) is 11.3 Å². The molecule has 1 aromatic heterocycles. The fourth-order valence-corrected chi connectivity index (χ4v) is 4.09. The molecule has 0 aliphatic rings. The third kappa shape index (κ3) is 4.92.